The number of carbonyl (C=O) groups is 1. The summed E-state index contributed by atoms with van der Waals surface area (Å²) in [4.78, 5) is 11.3. The molecule has 6 heteroatoms. The molecular formula is C29H29NO5. The third kappa shape index (κ3) is 5.33. The van der Waals surface area contributed by atoms with Crippen molar-refractivity contribution in [3.8, 4) is 17.2 Å². The van der Waals surface area contributed by atoms with E-state index in [1.807, 2.05) is 24.3 Å². The molecule has 0 saturated carbocycles. The largest absolute Gasteiger partial charge is 0.489 e. The van der Waals surface area contributed by atoms with Crippen LogP contribution < -0.4 is 19.5 Å². The van der Waals surface area contributed by atoms with Gasteiger partial charge in [0.05, 0.1) is 7.11 Å². The van der Waals surface area contributed by atoms with E-state index in [2.05, 4.69) is 47.8 Å². The van der Waals surface area contributed by atoms with Crippen molar-refractivity contribution in [2.24, 2.45) is 0 Å². The summed E-state index contributed by atoms with van der Waals surface area (Å²) in [6.45, 7) is 2.32. The highest BCUT2D eigenvalue weighted by Gasteiger charge is 2.17. The Labute approximate surface area is 204 Å². The highest BCUT2D eigenvalue weighted by atomic mass is 16.7. The van der Waals surface area contributed by atoms with Gasteiger partial charge in [0.1, 0.15) is 12.4 Å². The fraction of sp³-hybridized carbons (Fsp3) is 0.276. The van der Waals surface area contributed by atoms with Gasteiger partial charge in [-0.25, -0.2) is 0 Å². The first-order chi connectivity index (χ1) is 17.2. The lowest BCUT2D eigenvalue weighted by Gasteiger charge is -2.14. The number of carbonyl (C=O) groups excluding carboxylic acids is 1. The molecular weight excluding hydrogens is 442 g/mol. The maximum atomic E-state index is 11.3. The zero-order valence-electron chi connectivity index (χ0n) is 19.8. The first-order valence-electron chi connectivity index (χ1n) is 11.9. The van der Waals surface area contributed by atoms with Crippen molar-refractivity contribution in [1.82, 2.24) is 5.32 Å². The Morgan fingerprint density at radius 2 is 1.74 bits per heavy atom. The number of nitrogens with one attached hydrogen (secondary N) is 1. The van der Waals surface area contributed by atoms with Crippen LogP contribution in [0.25, 0.3) is 21.5 Å². The smallest absolute Gasteiger partial charge is 0.305 e. The minimum Gasteiger partial charge on any atom is -0.489 e. The summed E-state index contributed by atoms with van der Waals surface area (Å²) >= 11 is 0. The summed E-state index contributed by atoms with van der Waals surface area (Å²) in [6, 6.07) is 22.8. The molecule has 0 atom stereocenters. The molecule has 0 aliphatic carbocycles. The lowest BCUT2D eigenvalue weighted by atomic mass is 9.96. The molecule has 0 bridgehead atoms. The number of hydrogen-bond acceptors (Lipinski definition) is 6. The summed E-state index contributed by atoms with van der Waals surface area (Å²) < 4.78 is 22.1. The molecule has 35 heavy (non-hydrogen) atoms. The predicted octanol–water partition coefficient (Wildman–Crippen LogP) is 5.73. The van der Waals surface area contributed by atoms with E-state index in [0.29, 0.717) is 13.0 Å². The van der Waals surface area contributed by atoms with Crippen molar-refractivity contribution in [3.05, 3.63) is 77.9 Å². The molecule has 0 amide bonds. The average Bonchev–Trinajstić information content (AvgIpc) is 3.36. The van der Waals surface area contributed by atoms with Crippen LogP contribution >= 0.6 is 0 Å². The molecule has 4 aromatic carbocycles. The molecule has 0 unspecified atom stereocenters. The molecule has 0 fully saturated rings. The number of ether oxygens (including phenoxy) is 4. The average molecular weight is 472 g/mol. The van der Waals surface area contributed by atoms with E-state index in [9.17, 15) is 4.79 Å². The van der Waals surface area contributed by atoms with Gasteiger partial charge in [-0.05, 0) is 82.4 Å². The van der Waals surface area contributed by atoms with E-state index in [-0.39, 0.29) is 12.8 Å². The zero-order chi connectivity index (χ0) is 24.0. The molecule has 4 aromatic rings. The van der Waals surface area contributed by atoms with Crippen LogP contribution in [0.3, 0.4) is 0 Å². The van der Waals surface area contributed by atoms with Crippen LogP contribution in [0.2, 0.25) is 0 Å². The Hall–Kier alpha value is -3.77. The summed E-state index contributed by atoms with van der Waals surface area (Å²) in [5.41, 5.74) is 2.33. The minimum atomic E-state index is -0.158. The van der Waals surface area contributed by atoms with E-state index >= 15 is 0 Å². The molecule has 0 spiro atoms. The fourth-order valence-electron chi connectivity index (χ4n) is 4.42. The molecule has 0 saturated heterocycles. The Balaban J connectivity index is 1.40. The Morgan fingerprint density at radius 1 is 0.914 bits per heavy atom. The van der Waals surface area contributed by atoms with Crippen molar-refractivity contribution in [2.75, 3.05) is 20.4 Å². The SMILES string of the molecule is COC(=O)CCCCNCc1cc2cc3c(cc2c2cc(OCc4ccccc4)ccc12)OCO3. The molecule has 5 rings (SSSR count). The van der Waals surface area contributed by atoms with Crippen LogP contribution in [0.4, 0.5) is 0 Å². The monoisotopic (exact) mass is 471 g/mol. The molecule has 1 N–H and O–H groups in total. The lowest BCUT2D eigenvalue weighted by molar-refractivity contribution is -0.140. The van der Waals surface area contributed by atoms with E-state index in [4.69, 9.17) is 18.9 Å². The second kappa shape index (κ2) is 10.7. The maximum Gasteiger partial charge on any atom is 0.305 e. The van der Waals surface area contributed by atoms with Crippen molar-refractivity contribution in [1.29, 1.82) is 0 Å². The Morgan fingerprint density at radius 3 is 2.57 bits per heavy atom. The first-order valence-corrected chi connectivity index (χ1v) is 11.9. The molecule has 0 aromatic heterocycles. The topological polar surface area (TPSA) is 66.0 Å². The van der Waals surface area contributed by atoms with E-state index < -0.39 is 0 Å². The third-order valence-corrected chi connectivity index (χ3v) is 6.28. The highest BCUT2D eigenvalue weighted by molar-refractivity contribution is 6.10. The van der Waals surface area contributed by atoms with Gasteiger partial charge >= 0.3 is 5.97 Å². The van der Waals surface area contributed by atoms with Crippen LogP contribution in [-0.2, 0) is 22.7 Å². The third-order valence-electron chi connectivity index (χ3n) is 6.28. The first kappa shape index (κ1) is 23.0. The van der Waals surface area contributed by atoms with E-state index in [0.717, 1.165) is 64.9 Å². The molecule has 1 aliphatic heterocycles. The van der Waals surface area contributed by atoms with Crippen LogP contribution in [0.1, 0.15) is 30.4 Å². The number of esters is 1. The molecule has 0 radical (unpaired) electrons. The molecule has 1 heterocycles. The van der Waals surface area contributed by atoms with Crippen LogP contribution in [0.5, 0.6) is 17.2 Å². The van der Waals surface area contributed by atoms with Crippen molar-refractivity contribution in [2.45, 2.75) is 32.4 Å². The Kier molecular flexibility index (Phi) is 7.00. The lowest BCUT2D eigenvalue weighted by Crippen LogP contribution is -2.15. The quantitative estimate of drug-likeness (QED) is 0.181. The predicted molar refractivity (Wildman–Crippen MR) is 136 cm³/mol. The number of fused-ring (bicyclic) bond motifs is 4. The summed E-state index contributed by atoms with van der Waals surface area (Å²) in [5.74, 6) is 2.21. The van der Waals surface area contributed by atoms with Gasteiger partial charge in [0.2, 0.25) is 6.79 Å². The van der Waals surface area contributed by atoms with Crippen LogP contribution in [-0.4, -0.2) is 26.4 Å². The van der Waals surface area contributed by atoms with Gasteiger partial charge < -0.3 is 24.3 Å². The van der Waals surface area contributed by atoms with Gasteiger partial charge in [-0.1, -0.05) is 36.4 Å². The summed E-state index contributed by atoms with van der Waals surface area (Å²) in [5, 5.41) is 8.02. The van der Waals surface area contributed by atoms with E-state index in [1.54, 1.807) is 0 Å². The molecule has 1 aliphatic rings. The fourth-order valence-corrected chi connectivity index (χ4v) is 4.42. The zero-order valence-corrected chi connectivity index (χ0v) is 19.8. The standard InChI is InChI=1S/C29H29NO5/c1-32-29(31)9-5-6-12-30-17-22-13-21-14-27-28(35-19-34-27)16-25(21)26-15-23(10-11-24(22)26)33-18-20-7-3-2-4-8-20/h2-4,7-8,10-11,13-16,30H,5-6,9,12,17-19H2,1H3. The number of rotatable bonds is 10. The number of unbranched alkanes of at least 4 members (excludes halogenated alkanes) is 1. The Bertz CT molecular complexity index is 1340. The van der Waals surface area contributed by atoms with Gasteiger partial charge in [-0.3, -0.25) is 4.79 Å². The van der Waals surface area contributed by atoms with Gasteiger partial charge in [0.25, 0.3) is 0 Å². The minimum absolute atomic E-state index is 0.158. The molecule has 6 nitrogen and oxygen atoms in total. The second-order valence-corrected chi connectivity index (χ2v) is 8.65. The van der Waals surface area contributed by atoms with Crippen molar-refractivity contribution < 1.29 is 23.7 Å². The van der Waals surface area contributed by atoms with Gasteiger partial charge in [-0.15, -0.1) is 0 Å². The normalized spacial score (nSPS) is 12.3. The number of benzene rings is 4. The van der Waals surface area contributed by atoms with E-state index in [1.165, 1.54) is 18.1 Å². The van der Waals surface area contributed by atoms with Crippen LogP contribution in [0.15, 0.2) is 66.7 Å². The van der Waals surface area contributed by atoms with Gasteiger partial charge in [-0.2, -0.15) is 0 Å². The molecule has 180 valence electrons. The number of hydrogen-bond donors (Lipinski definition) is 1. The summed E-state index contributed by atoms with van der Waals surface area (Å²) in [6.07, 6.45) is 2.18. The van der Waals surface area contributed by atoms with Crippen LogP contribution in [0, 0.1) is 0 Å². The maximum absolute atomic E-state index is 11.3. The highest BCUT2D eigenvalue weighted by Crippen LogP contribution is 2.40. The van der Waals surface area contributed by atoms with Crippen molar-refractivity contribution >= 4 is 27.5 Å². The van der Waals surface area contributed by atoms with Gasteiger partial charge in [0, 0.05) is 13.0 Å². The number of methoxy groups -OCH3 is 1. The van der Waals surface area contributed by atoms with Gasteiger partial charge in [0.15, 0.2) is 11.5 Å². The second-order valence-electron chi connectivity index (χ2n) is 8.65. The summed E-state index contributed by atoms with van der Waals surface area (Å²) in [7, 11) is 1.43. The van der Waals surface area contributed by atoms with Crippen molar-refractivity contribution in [3.63, 3.8) is 0 Å².